The molecule has 0 saturated heterocycles. The Balaban J connectivity index is 0. The van der Waals surface area contributed by atoms with Gasteiger partial charge in [0.25, 0.3) is 0 Å². The van der Waals surface area contributed by atoms with Gasteiger partial charge in [0.2, 0.25) is 0 Å². The fraction of sp³-hybridized carbons (Fsp3) is 0.714. The first-order chi connectivity index (χ1) is 5.06. The summed E-state index contributed by atoms with van der Waals surface area (Å²) >= 11 is 0. The van der Waals surface area contributed by atoms with Crippen molar-refractivity contribution in [2.75, 3.05) is 0 Å². The molecule has 0 amide bonds. The van der Waals surface area contributed by atoms with Crippen LogP contribution in [0.15, 0.2) is 12.7 Å². The molecule has 0 aliphatic heterocycles. The van der Waals surface area contributed by atoms with Crippen molar-refractivity contribution in [3.8, 4) is 0 Å². The van der Waals surface area contributed by atoms with E-state index >= 15 is 0 Å². The summed E-state index contributed by atoms with van der Waals surface area (Å²) in [6, 6.07) is 0. The van der Waals surface area contributed by atoms with Crippen molar-refractivity contribution in [3.63, 3.8) is 0 Å². The number of allylic oxidation sites excluding steroid dienone is 1. The van der Waals surface area contributed by atoms with Crippen LogP contribution in [0, 0.1) is 0 Å². The second-order valence-electron chi connectivity index (χ2n) is 2.64. The van der Waals surface area contributed by atoms with Gasteiger partial charge in [-0.15, -0.1) is 6.58 Å². The van der Waals surface area contributed by atoms with Gasteiger partial charge >= 0.3 is 58.4 Å². The van der Waals surface area contributed by atoms with Crippen LogP contribution in [0.25, 0.3) is 0 Å². The second kappa shape index (κ2) is 8.81. The number of unbranched alkanes of at least 4 members (excludes halogenated alkanes) is 3. The molecule has 0 aliphatic carbocycles. The molecule has 0 aliphatic rings. The number of hydrogen-bond acceptors (Lipinski definition) is 0. The van der Waals surface area contributed by atoms with E-state index in [0.29, 0.717) is 6.42 Å². The van der Waals surface area contributed by atoms with Crippen LogP contribution in [-0.4, -0.2) is 6.98 Å². The summed E-state index contributed by atoms with van der Waals surface area (Å²) in [5.74, 6) is 0. The summed E-state index contributed by atoms with van der Waals surface area (Å²) in [4.78, 5) is 0. The molecule has 0 saturated carbocycles. The standard InChI is InChI=1S/C7H13BF3.K/c1-2-3-4-5-6-7-8(9,10)11;/h2H,1,3-7H2;/q-1;+1. The minimum atomic E-state index is -4.55. The van der Waals surface area contributed by atoms with Gasteiger partial charge in [0.05, 0.1) is 0 Å². The van der Waals surface area contributed by atoms with Crippen molar-refractivity contribution in [1.82, 2.24) is 0 Å². The zero-order chi connectivity index (χ0) is 8.74. The molecular formula is C7H13BF3K. The number of rotatable bonds is 6. The van der Waals surface area contributed by atoms with E-state index in [1.54, 1.807) is 6.08 Å². The summed E-state index contributed by atoms with van der Waals surface area (Å²) in [6.45, 7) is -1.06. The van der Waals surface area contributed by atoms with Crippen LogP contribution >= 0.6 is 0 Å². The van der Waals surface area contributed by atoms with Gasteiger partial charge in [0.1, 0.15) is 0 Å². The fourth-order valence-electron chi connectivity index (χ4n) is 0.841. The summed E-state index contributed by atoms with van der Waals surface area (Å²) < 4.78 is 34.8. The molecule has 0 aromatic rings. The Morgan fingerprint density at radius 2 is 1.67 bits per heavy atom. The molecule has 0 aromatic heterocycles. The Bertz CT molecular complexity index is 114. The average Bonchev–Trinajstić information content (AvgIpc) is 1.85. The van der Waals surface area contributed by atoms with Crippen molar-refractivity contribution >= 4 is 6.98 Å². The molecule has 0 rings (SSSR count). The maximum absolute atomic E-state index is 11.6. The second-order valence-corrected chi connectivity index (χ2v) is 2.64. The Hall–Kier alpha value is 1.23. The van der Waals surface area contributed by atoms with E-state index in [1.165, 1.54) is 0 Å². The molecule has 0 nitrogen and oxygen atoms in total. The van der Waals surface area contributed by atoms with Gasteiger partial charge in [-0.2, -0.15) is 0 Å². The van der Waals surface area contributed by atoms with Crippen molar-refractivity contribution in [2.45, 2.75) is 32.0 Å². The summed E-state index contributed by atoms with van der Waals surface area (Å²) in [7, 11) is 0. The summed E-state index contributed by atoms with van der Waals surface area (Å²) in [5.41, 5.74) is 0. The van der Waals surface area contributed by atoms with Gasteiger partial charge in [-0.3, -0.25) is 0 Å². The van der Waals surface area contributed by atoms with Gasteiger partial charge in [-0.25, -0.2) is 0 Å². The van der Waals surface area contributed by atoms with Crippen LogP contribution in [-0.2, 0) is 0 Å². The van der Waals surface area contributed by atoms with Crippen LogP contribution in [0.2, 0.25) is 6.32 Å². The molecule has 5 heteroatoms. The predicted molar refractivity (Wildman–Crippen MR) is 42.6 cm³/mol. The van der Waals surface area contributed by atoms with E-state index in [9.17, 15) is 12.9 Å². The van der Waals surface area contributed by atoms with Gasteiger partial charge in [0.15, 0.2) is 0 Å². The van der Waals surface area contributed by atoms with Crippen molar-refractivity contribution in [3.05, 3.63) is 12.7 Å². The van der Waals surface area contributed by atoms with Gasteiger partial charge in [-0.1, -0.05) is 25.2 Å². The van der Waals surface area contributed by atoms with Crippen molar-refractivity contribution < 1.29 is 64.3 Å². The number of halogens is 3. The molecule has 0 atom stereocenters. The first-order valence-corrected chi connectivity index (χ1v) is 3.88. The molecule has 0 spiro atoms. The normalized spacial score (nSPS) is 10.6. The van der Waals surface area contributed by atoms with Crippen LogP contribution < -0.4 is 51.4 Å². The largest absolute Gasteiger partial charge is 1.00 e. The monoisotopic (exact) mass is 204 g/mol. The maximum atomic E-state index is 11.6. The van der Waals surface area contributed by atoms with Crippen LogP contribution in [0.3, 0.4) is 0 Å². The molecule has 0 heterocycles. The molecule has 0 fully saturated rings. The zero-order valence-corrected chi connectivity index (χ0v) is 10.7. The zero-order valence-electron chi connectivity index (χ0n) is 7.53. The number of hydrogen-bond donors (Lipinski definition) is 0. The molecule has 0 aromatic carbocycles. The van der Waals surface area contributed by atoms with E-state index in [0.717, 1.165) is 12.8 Å². The fourth-order valence-corrected chi connectivity index (χ4v) is 0.841. The topological polar surface area (TPSA) is 0 Å². The molecule has 12 heavy (non-hydrogen) atoms. The first kappa shape index (κ1) is 15.7. The average molecular weight is 204 g/mol. The van der Waals surface area contributed by atoms with Crippen molar-refractivity contribution in [1.29, 1.82) is 0 Å². The minimum absolute atomic E-state index is 0. The van der Waals surface area contributed by atoms with E-state index in [1.807, 2.05) is 0 Å². The Morgan fingerprint density at radius 3 is 2.08 bits per heavy atom. The predicted octanol–water partition coefficient (Wildman–Crippen LogP) is 0.584. The molecule has 0 unspecified atom stereocenters. The van der Waals surface area contributed by atoms with E-state index in [2.05, 4.69) is 6.58 Å². The van der Waals surface area contributed by atoms with Crippen molar-refractivity contribution in [2.24, 2.45) is 0 Å². The third-order valence-electron chi connectivity index (χ3n) is 1.44. The molecular weight excluding hydrogens is 191 g/mol. The van der Waals surface area contributed by atoms with Crippen LogP contribution in [0.4, 0.5) is 12.9 Å². The molecule has 66 valence electrons. The minimum Gasteiger partial charge on any atom is -0.449 e. The SMILES string of the molecule is C=CCCCCC[B-](F)(F)F.[K+]. The van der Waals surface area contributed by atoms with E-state index in [4.69, 9.17) is 0 Å². The molecule has 0 bridgehead atoms. The summed E-state index contributed by atoms with van der Waals surface area (Å²) in [5, 5.41) is 0. The molecule has 0 N–H and O–H groups in total. The van der Waals surface area contributed by atoms with Gasteiger partial charge in [-0.05, 0) is 12.8 Å². The van der Waals surface area contributed by atoms with Crippen LogP contribution in [0.5, 0.6) is 0 Å². The maximum Gasteiger partial charge on any atom is 1.00 e. The Labute approximate surface area is 114 Å². The smallest absolute Gasteiger partial charge is 0.449 e. The van der Waals surface area contributed by atoms with E-state index in [-0.39, 0.29) is 57.8 Å². The van der Waals surface area contributed by atoms with E-state index < -0.39 is 13.3 Å². The van der Waals surface area contributed by atoms with Gasteiger partial charge in [0, 0.05) is 0 Å². The summed E-state index contributed by atoms with van der Waals surface area (Å²) in [6.07, 6.45) is 3.74. The van der Waals surface area contributed by atoms with Crippen LogP contribution in [0.1, 0.15) is 25.7 Å². The molecule has 0 radical (unpaired) electrons. The quantitative estimate of drug-likeness (QED) is 0.337. The third kappa shape index (κ3) is 13.8. The first-order valence-electron chi connectivity index (χ1n) is 3.88. The Morgan fingerprint density at radius 1 is 1.08 bits per heavy atom. The third-order valence-corrected chi connectivity index (χ3v) is 1.44. The Kier molecular flexibility index (Phi) is 11.5. The van der Waals surface area contributed by atoms with Gasteiger partial charge < -0.3 is 12.9 Å².